The van der Waals surface area contributed by atoms with Crippen LogP contribution in [0.4, 0.5) is 0 Å². The molecule has 0 saturated carbocycles. The molecular weight excluding hydrogens is 334 g/mol. The first-order valence-electron chi connectivity index (χ1n) is 8.83. The molecule has 1 fully saturated rings. The highest BCUT2D eigenvalue weighted by Crippen LogP contribution is 2.29. The number of benzene rings is 1. The number of nitrogens with zero attached hydrogens (tertiary/aromatic N) is 3. The van der Waals surface area contributed by atoms with Crippen LogP contribution < -0.4 is 9.47 Å². The van der Waals surface area contributed by atoms with Crippen molar-refractivity contribution in [2.75, 3.05) is 33.4 Å². The van der Waals surface area contributed by atoms with Gasteiger partial charge in [0.05, 0.1) is 39.0 Å². The zero-order valence-corrected chi connectivity index (χ0v) is 15.5. The van der Waals surface area contributed by atoms with E-state index in [2.05, 4.69) is 5.10 Å². The smallest absolute Gasteiger partial charge is 0.272 e. The summed E-state index contributed by atoms with van der Waals surface area (Å²) in [5, 5.41) is 4.40. The number of ether oxygens (including phenoxy) is 3. The average Bonchev–Trinajstić information content (AvgIpc) is 2.98. The Hall–Kier alpha value is -2.54. The summed E-state index contributed by atoms with van der Waals surface area (Å²) in [6, 6.07) is 9.35. The molecular formula is C19H25N3O4. The molecule has 0 N–H and O–H groups in total. The third kappa shape index (κ3) is 3.99. The lowest BCUT2D eigenvalue weighted by atomic mass is 10.1. The number of carbonyl (C=O) groups excluding carboxylic acids is 1. The van der Waals surface area contributed by atoms with E-state index in [1.165, 1.54) is 0 Å². The lowest BCUT2D eigenvalue weighted by Crippen LogP contribution is -2.56. The van der Waals surface area contributed by atoms with E-state index in [-0.39, 0.29) is 12.0 Å². The zero-order valence-electron chi connectivity index (χ0n) is 15.5. The molecule has 0 aliphatic carbocycles. The number of aryl methyl sites for hydroxylation is 1. The van der Waals surface area contributed by atoms with Crippen molar-refractivity contribution >= 4 is 5.91 Å². The minimum absolute atomic E-state index is 0.0259. The van der Waals surface area contributed by atoms with Gasteiger partial charge in [0.2, 0.25) is 0 Å². The molecule has 7 heteroatoms. The zero-order chi connectivity index (χ0) is 18.5. The van der Waals surface area contributed by atoms with E-state index in [9.17, 15) is 4.79 Å². The number of hydrogen-bond acceptors (Lipinski definition) is 5. The van der Waals surface area contributed by atoms with Crippen molar-refractivity contribution in [3.05, 3.63) is 41.7 Å². The lowest BCUT2D eigenvalue weighted by molar-refractivity contribution is 0.0158. The molecule has 26 heavy (non-hydrogen) atoms. The minimum Gasteiger partial charge on any atom is -0.493 e. The molecule has 0 atom stereocenters. The molecule has 0 unspecified atom stereocenters. The van der Waals surface area contributed by atoms with E-state index in [1.54, 1.807) is 16.7 Å². The summed E-state index contributed by atoms with van der Waals surface area (Å²) in [5.74, 6) is 1.37. The Morgan fingerprint density at radius 1 is 1.27 bits per heavy atom. The normalized spacial score (nSPS) is 14.2. The number of carbonyl (C=O) groups is 1. The molecule has 1 aliphatic rings. The van der Waals surface area contributed by atoms with Gasteiger partial charge in [-0.2, -0.15) is 5.10 Å². The van der Waals surface area contributed by atoms with E-state index in [1.807, 2.05) is 44.2 Å². The van der Waals surface area contributed by atoms with Crippen molar-refractivity contribution in [3.63, 3.8) is 0 Å². The molecule has 7 nitrogen and oxygen atoms in total. The molecule has 1 aromatic carbocycles. The Kier molecular flexibility index (Phi) is 5.78. The minimum atomic E-state index is -0.0313. The van der Waals surface area contributed by atoms with Crippen LogP contribution >= 0.6 is 0 Å². The number of hydrogen-bond donors (Lipinski definition) is 0. The first-order valence-corrected chi connectivity index (χ1v) is 8.83. The van der Waals surface area contributed by atoms with Crippen molar-refractivity contribution in [1.82, 2.24) is 14.7 Å². The van der Waals surface area contributed by atoms with E-state index in [4.69, 9.17) is 14.2 Å². The predicted octanol–water partition coefficient (Wildman–Crippen LogP) is 2.14. The van der Waals surface area contributed by atoms with Crippen molar-refractivity contribution in [3.8, 4) is 11.5 Å². The van der Waals surface area contributed by atoms with Crippen LogP contribution in [0.25, 0.3) is 0 Å². The molecule has 0 radical (unpaired) electrons. The summed E-state index contributed by atoms with van der Waals surface area (Å²) in [5.41, 5.74) is 1.42. The van der Waals surface area contributed by atoms with Crippen molar-refractivity contribution in [2.24, 2.45) is 0 Å². The number of likely N-dealkylation sites (tertiary alicyclic amines) is 1. The first kappa shape index (κ1) is 18.3. The second-order valence-electron chi connectivity index (χ2n) is 6.19. The third-order valence-corrected chi connectivity index (χ3v) is 4.27. The van der Waals surface area contributed by atoms with Gasteiger partial charge in [0, 0.05) is 6.61 Å². The molecule has 2 aromatic rings. The van der Waals surface area contributed by atoms with Crippen LogP contribution in [0.15, 0.2) is 30.3 Å². The van der Waals surface area contributed by atoms with Crippen molar-refractivity contribution in [1.29, 1.82) is 0 Å². The summed E-state index contributed by atoms with van der Waals surface area (Å²) in [6.07, 6.45) is -0.0313. The van der Waals surface area contributed by atoms with E-state index < -0.39 is 0 Å². The topological polar surface area (TPSA) is 65.8 Å². The van der Waals surface area contributed by atoms with Gasteiger partial charge in [0.15, 0.2) is 11.5 Å². The van der Waals surface area contributed by atoms with Gasteiger partial charge in [0.1, 0.15) is 11.8 Å². The molecule has 1 aliphatic heterocycles. The van der Waals surface area contributed by atoms with Crippen LogP contribution in [0.2, 0.25) is 0 Å². The van der Waals surface area contributed by atoms with Crippen molar-refractivity contribution in [2.45, 2.75) is 26.5 Å². The van der Waals surface area contributed by atoms with E-state index >= 15 is 0 Å². The number of methoxy groups -OCH3 is 1. The monoisotopic (exact) mass is 359 g/mol. The van der Waals surface area contributed by atoms with Crippen LogP contribution in [-0.4, -0.2) is 60.1 Å². The van der Waals surface area contributed by atoms with Crippen molar-refractivity contribution < 1.29 is 19.0 Å². The molecule has 0 spiro atoms. The SMILES string of the molecule is CCOCCn1nc(C)cc1C(=O)N1CC(Oc2ccccc2OC)C1. The highest BCUT2D eigenvalue weighted by atomic mass is 16.5. The maximum absolute atomic E-state index is 12.8. The Morgan fingerprint density at radius 3 is 2.69 bits per heavy atom. The highest BCUT2D eigenvalue weighted by molar-refractivity contribution is 5.93. The Labute approximate surface area is 153 Å². The van der Waals surface area contributed by atoms with Gasteiger partial charge in [-0.25, -0.2) is 0 Å². The predicted molar refractivity (Wildman–Crippen MR) is 96.8 cm³/mol. The second kappa shape index (κ2) is 8.23. The third-order valence-electron chi connectivity index (χ3n) is 4.27. The van der Waals surface area contributed by atoms with Gasteiger partial charge in [-0.3, -0.25) is 9.48 Å². The standard InChI is InChI=1S/C19H25N3O4/c1-4-25-10-9-22-16(11-14(2)20-22)19(23)21-12-15(13-21)26-18-8-6-5-7-17(18)24-3/h5-8,11,15H,4,9-10,12-13H2,1-3H3. The van der Waals surface area contributed by atoms with Gasteiger partial charge >= 0.3 is 0 Å². The molecule has 1 saturated heterocycles. The summed E-state index contributed by atoms with van der Waals surface area (Å²) >= 11 is 0. The fraction of sp³-hybridized carbons (Fsp3) is 0.474. The highest BCUT2D eigenvalue weighted by Gasteiger charge is 2.34. The molecule has 3 rings (SSSR count). The number of amides is 1. The molecule has 1 aromatic heterocycles. The van der Waals surface area contributed by atoms with Crippen LogP contribution in [0.3, 0.4) is 0 Å². The molecule has 0 bridgehead atoms. The first-order chi connectivity index (χ1) is 12.6. The number of aromatic nitrogens is 2. The van der Waals surface area contributed by atoms with E-state index in [0.717, 1.165) is 5.69 Å². The van der Waals surface area contributed by atoms with Gasteiger partial charge < -0.3 is 19.1 Å². The summed E-state index contributed by atoms with van der Waals surface area (Å²) < 4.78 is 18.3. The molecule has 140 valence electrons. The fourth-order valence-corrected chi connectivity index (χ4v) is 2.92. The summed E-state index contributed by atoms with van der Waals surface area (Å²) in [4.78, 5) is 14.5. The maximum Gasteiger partial charge on any atom is 0.272 e. The molecule has 1 amide bonds. The Morgan fingerprint density at radius 2 is 2.00 bits per heavy atom. The van der Waals surface area contributed by atoms with Gasteiger partial charge in [-0.1, -0.05) is 12.1 Å². The quantitative estimate of drug-likeness (QED) is 0.676. The van der Waals surface area contributed by atoms with Crippen LogP contribution in [0.1, 0.15) is 23.1 Å². The largest absolute Gasteiger partial charge is 0.493 e. The van der Waals surface area contributed by atoms with Crippen LogP contribution in [0, 0.1) is 6.92 Å². The molecule has 2 heterocycles. The fourth-order valence-electron chi connectivity index (χ4n) is 2.92. The second-order valence-corrected chi connectivity index (χ2v) is 6.19. The summed E-state index contributed by atoms with van der Waals surface area (Å²) in [7, 11) is 1.62. The Balaban J connectivity index is 1.58. The number of para-hydroxylation sites is 2. The average molecular weight is 359 g/mol. The number of rotatable bonds is 8. The lowest BCUT2D eigenvalue weighted by Gasteiger charge is -2.39. The van der Waals surface area contributed by atoms with Gasteiger partial charge in [-0.15, -0.1) is 0 Å². The Bertz CT molecular complexity index is 753. The maximum atomic E-state index is 12.8. The summed E-state index contributed by atoms with van der Waals surface area (Å²) in [6.45, 7) is 6.69. The van der Waals surface area contributed by atoms with Crippen LogP contribution in [0.5, 0.6) is 11.5 Å². The van der Waals surface area contributed by atoms with Crippen LogP contribution in [-0.2, 0) is 11.3 Å². The van der Waals surface area contributed by atoms with Gasteiger partial charge in [0.25, 0.3) is 5.91 Å². The van der Waals surface area contributed by atoms with E-state index in [0.29, 0.717) is 50.0 Å². The van der Waals surface area contributed by atoms with Gasteiger partial charge in [-0.05, 0) is 32.0 Å².